The van der Waals surface area contributed by atoms with Gasteiger partial charge in [0, 0.05) is 16.7 Å². The number of aliphatic hydroxyl groups is 1. The van der Waals surface area contributed by atoms with Crippen molar-refractivity contribution >= 4 is 34.5 Å². The molecule has 1 aromatic heterocycles. The average Bonchev–Trinajstić information content (AvgIpc) is 2.55. The van der Waals surface area contributed by atoms with Gasteiger partial charge in [-0.25, -0.2) is 4.98 Å². The smallest absolute Gasteiger partial charge is 0.274 e. The summed E-state index contributed by atoms with van der Waals surface area (Å²) in [5, 5.41) is 10.7. The standard InChI is InChI=1S/C17H13ClN2O3/c1-23-12-5-2-10(3-6-12)16(21)9-15-17(22)20-14-8-11(18)4-7-13(14)19-15/h2-9,21H,1H3,(H,20,22)/b16-9-. The Morgan fingerprint density at radius 1 is 1.26 bits per heavy atom. The first-order valence-corrected chi connectivity index (χ1v) is 7.19. The SMILES string of the molecule is COc1ccc(/C(O)=C/c2nc3ccc(Cl)cc3[nH]c2=O)cc1. The van der Waals surface area contributed by atoms with Gasteiger partial charge in [-0.15, -0.1) is 0 Å². The predicted molar refractivity (Wildman–Crippen MR) is 90.9 cm³/mol. The van der Waals surface area contributed by atoms with Crippen LogP contribution in [0.25, 0.3) is 22.9 Å². The Labute approximate surface area is 136 Å². The van der Waals surface area contributed by atoms with E-state index in [-0.39, 0.29) is 11.5 Å². The van der Waals surface area contributed by atoms with E-state index in [0.717, 1.165) is 0 Å². The average molecular weight is 329 g/mol. The van der Waals surface area contributed by atoms with E-state index in [0.29, 0.717) is 27.4 Å². The van der Waals surface area contributed by atoms with E-state index in [1.165, 1.54) is 6.08 Å². The van der Waals surface area contributed by atoms with Crippen LogP contribution in [0, 0.1) is 0 Å². The Bertz CT molecular complexity index is 946. The summed E-state index contributed by atoms with van der Waals surface area (Å²) in [6, 6.07) is 11.8. The lowest BCUT2D eigenvalue weighted by molar-refractivity contribution is 0.414. The van der Waals surface area contributed by atoms with E-state index in [1.54, 1.807) is 49.6 Å². The first-order valence-electron chi connectivity index (χ1n) is 6.81. The minimum atomic E-state index is -0.403. The Morgan fingerprint density at radius 3 is 2.70 bits per heavy atom. The third-order valence-electron chi connectivity index (χ3n) is 3.34. The molecule has 0 saturated carbocycles. The number of ether oxygens (including phenoxy) is 1. The number of benzene rings is 2. The Balaban J connectivity index is 2.03. The number of fused-ring (bicyclic) bond motifs is 1. The second-order valence-corrected chi connectivity index (χ2v) is 5.31. The lowest BCUT2D eigenvalue weighted by atomic mass is 10.1. The summed E-state index contributed by atoms with van der Waals surface area (Å²) in [6.45, 7) is 0. The summed E-state index contributed by atoms with van der Waals surface area (Å²) in [6.07, 6.45) is 1.33. The van der Waals surface area contributed by atoms with Gasteiger partial charge in [-0.05, 0) is 42.5 Å². The number of aromatic nitrogens is 2. The van der Waals surface area contributed by atoms with Gasteiger partial charge in [0.2, 0.25) is 0 Å². The quantitative estimate of drug-likeness (QED) is 0.720. The van der Waals surface area contributed by atoms with E-state index in [9.17, 15) is 9.90 Å². The molecule has 0 atom stereocenters. The third kappa shape index (κ3) is 3.19. The second kappa shape index (κ2) is 6.14. The summed E-state index contributed by atoms with van der Waals surface area (Å²) in [4.78, 5) is 19.0. The van der Waals surface area contributed by atoms with Crippen LogP contribution in [0.2, 0.25) is 5.02 Å². The number of halogens is 1. The molecule has 0 radical (unpaired) electrons. The van der Waals surface area contributed by atoms with E-state index >= 15 is 0 Å². The van der Waals surface area contributed by atoms with Crippen molar-refractivity contribution in [3.63, 3.8) is 0 Å². The van der Waals surface area contributed by atoms with Gasteiger partial charge in [-0.3, -0.25) is 4.79 Å². The summed E-state index contributed by atoms with van der Waals surface area (Å²) in [7, 11) is 1.56. The van der Waals surface area contributed by atoms with Crippen molar-refractivity contribution in [2.24, 2.45) is 0 Å². The molecule has 6 heteroatoms. The molecular formula is C17H13ClN2O3. The highest BCUT2D eigenvalue weighted by Gasteiger charge is 2.06. The monoisotopic (exact) mass is 328 g/mol. The number of nitrogens with zero attached hydrogens (tertiary/aromatic N) is 1. The molecule has 0 aliphatic heterocycles. The van der Waals surface area contributed by atoms with Crippen molar-refractivity contribution in [1.82, 2.24) is 9.97 Å². The van der Waals surface area contributed by atoms with Crippen LogP contribution in [0.3, 0.4) is 0 Å². The van der Waals surface area contributed by atoms with Crippen molar-refractivity contribution in [3.8, 4) is 5.75 Å². The van der Waals surface area contributed by atoms with Gasteiger partial charge in [0.15, 0.2) is 0 Å². The molecule has 0 spiro atoms. The van der Waals surface area contributed by atoms with E-state index < -0.39 is 5.56 Å². The first kappa shape index (κ1) is 15.1. The van der Waals surface area contributed by atoms with Crippen LogP contribution < -0.4 is 10.3 Å². The molecule has 1 heterocycles. The molecule has 23 heavy (non-hydrogen) atoms. The summed E-state index contributed by atoms with van der Waals surface area (Å²) >= 11 is 5.89. The number of hydrogen-bond donors (Lipinski definition) is 2. The minimum absolute atomic E-state index is 0.0565. The van der Waals surface area contributed by atoms with Gasteiger partial charge >= 0.3 is 0 Å². The molecule has 2 aromatic carbocycles. The zero-order valence-electron chi connectivity index (χ0n) is 12.2. The largest absolute Gasteiger partial charge is 0.507 e. The zero-order chi connectivity index (χ0) is 16.4. The topological polar surface area (TPSA) is 75.2 Å². The Hall–Kier alpha value is -2.79. The first-order chi connectivity index (χ1) is 11.1. The molecular weight excluding hydrogens is 316 g/mol. The van der Waals surface area contributed by atoms with Crippen LogP contribution in [0.15, 0.2) is 47.3 Å². The normalized spacial score (nSPS) is 11.7. The second-order valence-electron chi connectivity index (χ2n) is 4.87. The van der Waals surface area contributed by atoms with Crippen molar-refractivity contribution < 1.29 is 9.84 Å². The van der Waals surface area contributed by atoms with Crippen LogP contribution in [0.1, 0.15) is 11.3 Å². The number of aromatic amines is 1. The summed E-state index contributed by atoms with van der Waals surface area (Å²) < 4.78 is 5.06. The van der Waals surface area contributed by atoms with Crippen molar-refractivity contribution in [2.75, 3.05) is 7.11 Å². The molecule has 2 N–H and O–H groups in total. The molecule has 3 aromatic rings. The van der Waals surface area contributed by atoms with Gasteiger partial charge in [-0.2, -0.15) is 0 Å². The van der Waals surface area contributed by atoms with Crippen LogP contribution in [-0.2, 0) is 0 Å². The maximum Gasteiger partial charge on any atom is 0.274 e. The Kier molecular flexibility index (Phi) is 4.04. The van der Waals surface area contributed by atoms with Gasteiger partial charge in [0.25, 0.3) is 5.56 Å². The molecule has 0 aliphatic carbocycles. The maximum absolute atomic E-state index is 12.1. The van der Waals surface area contributed by atoms with Crippen molar-refractivity contribution in [3.05, 3.63) is 69.1 Å². The number of nitrogens with one attached hydrogen (secondary N) is 1. The van der Waals surface area contributed by atoms with Crippen LogP contribution in [0.5, 0.6) is 5.75 Å². The Morgan fingerprint density at radius 2 is 2.00 bits per heavy atom. The fourth-order valence-corrected chi connectivity index (χ4v) is 2.32. The van der Waals surface area contributed by atoms with E-state index in [2.05, 4.69) is 9.97 Å². The molecule has 0 aliphatic rings. The number of hydrogen-bond acceptors (Lipinski definition) is 4. The molecule has 116 valence electrons. The maximum atomic E-state index is 12.1. The van der Waals surface area contributed by atoms with Crippen molar-refractivity contribution in [2.45, 2.75) is 0 Å². The lowest BCUT2D eigenvalue weighted by Gasteiger charge is -2.03. The number of H-pyrrole nitrogens is 1. The van der Waals surface area contributed by atoms with Crippen LogP contribution >= 0.6 is 11.6 Å². The molecule has 3 rings (SSSR count). The minimum Gasteiger partial charge on any atom is -0.507 e. The molecule has 0 bridgehead atoms. The zero-order valence-corrected chi connectivity index (χ0v) is 13.0. The fraction of sp³-hybridized carbons (Fsp3) is 0.0588. The molecule has 0 saturated heterocycles. The van der Waals surface area contributed by atoms with Gasteiger partial charge in [0.1, 0.15) is 17.2 Å². The molecule has 0 amide bonds. The van der Waals surface area contributed by atoms with E-state index in [4.69, 9.17) is 16.3 Å². The summed E-state index contributed by atoms with van der Waals surface area (Å²) in [5.41, 5.74) is 1.41. The molecule has 5 nitrogen and oxygen atoms in total. The number of rotatable bonds is 3. The van der Waals surface area contributed by atoms with Crippen LogP contribution in [0.4, 0.5) is 0 Å². The number of methoxy groups -OCH3 is 1. The van der Waals surface area contributed by atoms with Crippen LogP contribution in [-0.4, -0.2) is 22.2 Å². The van der Waals surface area contributed by atoms with E-state index in [1.807, 2.05) is 0 Å². The summed E-state index contributed by atoms with van der Waals surface area (Å²) in [5.74, 6) is 0.624. The number of aliphatic hydroxyl groups excluding tert-OH is 1. The highest BCUT2D eigenvalue weighted by molar-refractivity contribution is 6.31. The third-order valence-corrected chi connectivity index (χ3v) is 3.57. The van der Waals surface area contributed by atoms with Crippen molar-refractivity contribution in [1.29, 1.82) is 0 Å². The molecule has 0 unspecified atom stereocenters. The fourth-order valence-electron chi connectivity index (χ4n) is 2.15. The predicted octanol–water partition coefficient (Wildman–Crippen LogP) is 3.64. The van der Waals surface area contributed by atoms with Gasteiger partial charge in [-0.1, -0.05) is 11.6 Å². The highest BCUT2D eigenvalue weighted by Crippen LogP contribution is 2.19. The highest BCUT2D eigenvalue weighted by atomic mass is 35.5. The molecule has 0 fully saturated rings. The van der Waals surface area contributed by atoms with Gasteiger partial charge in [0.05, 0.1) is 18.1 Å². The van der Waals surface area contributed by atoms with Gasteiger partial charge < -0.3 is 14.8 Å². The lowest BCUT2D eigenvalue weighted by Crippen LogP contribution is -2.12.